The summed E-state index contributed by atoms with van der Waals surface area (Å²) in [6.07, 6.45) is 15.1. The Morgan fingerprint density at radius 2 is 1.46 bits per heavy atom. The average Bonchev–Trinajstić information content (AvgIpc) is 2.50. The molecule has 5 heteroatoms. The molecule has 0 aliphatic heterocycles. The Labute approximate surface area is 170 Å². The van der Waals surface area contributed by atoms with Gasteiger partial charge in [-0.05, 0) is 6.42 Å². The summed E-state index contributed by atoms with van der Waals surface area (Å²) in [6, 6.07) is 0. The molecule has 0 rings (SSSR count). The van der Waals surface area contributed by atoms with E-state index in [9.17, 15) is 9.59 Å². The fourth-order valence-corrected chi connectivity index (χ4v) is 2.17. The zero-order chi connectivity index (χ0) is 17.9. The largest absolute Gasteiger partial charge is 1.00 e. The number of aliphatic carboxylic acids is 2. The zero-order valence-corrected chi connectivity index (χ0v) is 17.8. The van der Waals surface area contributed by atoms with E-state index in [0.29, 0.717) is 0 Å². The molecule has 0 aliphatic carbocycles. The van der Waals surface area contributed by atoms with Crippen molar-refractivity contribution in [1.29, 1.82) is 0 Å². The van der Waals surface area contributed by atoms with Crippen LogP contribution in [0.2, 0.25) is 0 Å². The number of hydrogen-bond acceptors (Lipinski definition) is 2. The molecule has 1 atom stereocenters. The molecule has 1 unspecified atom stereocenters. The number of unbranched alkanes of at least 4 members (excludes halogenated alkanes) is 9. The van der Waals surface area contributed by atoms with Crippen LogP contribution in [0.25, 0.3) is 0 Å². The van der Waals surface area contributed by atoms with Crippen LogP contribution in [0.4, 0.5) is 0 Å². The van der Waals surface area contributed by atoms with Crippen molar-refractivity contribution < 1.29 is 49.4 Å². The normalized spacial score (nSPS) is 10.8. The monoisotopic (exact) mass is 350 g/mol. The summed E-state index contributed by atoms with van der Waals surface area (Å²) < 4.78 is 0. The predicted molar refractivity (Wildman–Crippen MR) is 95.4 cm³/mol. The van der Waals surface area contributed by atoms with Gasteiger partial charge < -0.3 is 17.1 Å². The van der Waals surface area contributed by atoms with Crippen molar-refractivity contribution in [2.45, 2.75) is 84.0 Å². The topological polar surface area (TPSA) is 74.6 Å². The summed E-state index contributed by atoms with van der Waals surface area (Å²) in [5.74, 6) is -3.03. The van der Waals surface area contributed by atoms with Gasteiger partial charge in [0.1, 0.15) is 0 Å². The molecule has 0 aromatic rings. The van der Waals surface area contributed by atoms with Gasteiger partial charge in [-0.15, -0.1) is 6.58 Å². The molecule has 0 saturated carbocycles. The number of hydrogen-bond donors (Lipinski definition) is 2. The minimum absolute atomic E-state index is 0. The fraction of sp³-hybridized carbons (Fsp3) is 0.737. The fourth-order valence-electron chi connectivity index (χ4n) is 2.17. The van der Waals surface area contributed by atoms with Crippen LogP contribution in [0.15, 0.2) is 12.7 Å². The molecule has 0 aromatic heterocycles. The molecule has 0 radical (unpaired) electrons. The summed E-state index contributed by atoms with van der Waals surface area (Å²) in [5.41, 5.74) is 0. The van der Waals surface area contributed by atoms with Gasteiger partial charge in [0.25, 0.3) is 0 Å². The Hall–Kier alpha value is -0.320. The Morgan fingerprint density at radius 1 is 1.00 bits per heavy atom. The van der Waals surface area contributed by atoms with Crippen LogP contribution in [0, 0.1) is 12.8 Å². The van der Waals surface area contributed by atoms with Gasteiger partial charge in [0.15, 0.2) is 0 Å². The van der Waals surface area contributed by atoms with Crippen LogP contribution in [-0.4, -0.2) is 22.2 Å². The molecule has 4 nitrogen and oxygen atoms in total. The number of carboxylic acids is 2. The molecule has 24 heavy (non-hydrogen) atoms. The van der Waals surface area contributed by atoms with Gasteiger partial charge in [0.05, 0.1) is 12.3 Å². The molecular weight excluding hydrogens is 315 g/mol. The van der Waals surface area contributed by atoms with E-state index >= 15 is 0 Å². The van der Waals surface area contributed by atoms with Crippen LogP contribution in [0.1, 0.15) is 84.0 Å². The van der Waals surface area contributed by atoms with Gasteiger partial charge in [0, 0.05) is 0 Å². The summed E-state index contributed by atoms with van der Waals surface area (Å²) in [5, 5.41) is 16.7. The molecule has 2 N–H and O–H groups in total. The van der Waals surface area contributed by atoms with Crippen molar-refractivity contribution in [3.05, 3.63) is 19.6 Å². The molecule has 0 amide bonds. The van der Waals surface area contributed by atoms with Crippen molar-refractivity contribution in [3.8, 4) is 0 Å². The van der Waals surface area contributed by atoms with Crippen molar-refractivity contribution in [1.82, 2.24) is 0 Å². The van der Waals surface area contributed by atoms with Crippen molar-refractivity contribution in [2.24, 2.45) is 5.92 Å². The standard InChI is InChI=1S/C12H25.C7H10O4.Na/c1-3-5-7-9-11-12-10-8-6-4-2;1-2-3-5(7(10)11)4-6(8)9;/h1,3-12H2,2H3;2,5H,1,3-4H2,(H,8,9)(H,10,11);/q-1;;+1. The number of allylic oxidation sites excluding steroid dienone is 1. The second-order valence-corrected chi connectivity index (χ2v) is 5.84. The van der Waals surface area contributed by atoms with E-state index in [4.69, 9.17) is 10.2 Å². The van der Waals surface area contributed by atoms with Crippen LogP contribution in [0.5, 0.6) is 0 Å². The van der Waals surface area contributed by atoms with Crippen LogP contribution < -0.4 is 29.6 Å². The van der Waals surface area contributed by atoms with Crippen molar-refractivity contribution >= 4 is 11.9 Å². The number of carbonyl (C=O) groups is 2. The van der Waals surface area contributed by atoms with Gasteiger partial charge in [-0.25, -0.2) is 0 Å². The molecule has 0 saturated heterocycles. The molecule has 136 valence electrons. The second-order valence-electron chi connectivity index (χ2n) is 5.84. The smallest absolute Gasteiger partial charge is 0.481 e. The summed E-state index contributed by atoms with van der Waals surface area (Å²) in [6.45, 7) is 9.45. The van der Waals surface area contributed by atoms with E-state index in [1.165, 1.54) is 63.9 Å². The van der Waals surface area contributed by atoms with Crippen LogP contribution in [0.3, 0.4) is 0 Å². The molecule has 0 aromatic carbocycles. The van der Waals surface area contributed by atoms with Crippen LogP contribution in [-0.2, 0) is 9.59 Å². The second kappa shape index (κ2) is 22.7. The first-order chi connectivity index (χ1) is 11.0. The third kappa shape index (κ3) is 23.9. The molecule has 0 heterocycles. The van der Waals surface area contributed by atoms with Gasteiger partial charge in [-0.1, -0.05) is 70.8 Å². The van der Waals surface area contributed by atoms with E-state index in [0.717, 1.165) is 6.42 Å². The van der Waals surface area contributed by atoms with Gasteiger partial charge in [0.2, 0.25) is 0 Å². The van der Waals surface area contributed by atoms with Gasteiger partial charge >= 0.3 is 41.5 Å². The average molecular weight is 350 g/mol. The molecule has 0 spiro atoms. The van der Waals surface area contributed by atoms with E-state index in [1.54, 1.807) is 0 Å². The summed E-state index contributed by atoms with van der Waals surface area (Å²) >= 11 is 0. The molecule has 0 bridgehead atoms. The maximum Gasteiger partial charge on any atom is 1.00 e. The maximum atomic E-state index is 10.3. The molecular formula is C19H35NaO4. The van der Waals surface area contributed by atoms with E-state index < -0.39 is 17.9 Å². The van der Waals surface area contributed by atoms with Gasteiger partial charge in [-0.2, -0.15) is 6.42 Å². The maximum absolute atomic E-state index is 10.3. The first kappa shape index (κ1) is 28.5. The summed E-state index contributed by atoms with van der Waals surface area (Å²) in [7, 11) is 0. The third-order valence-electron chi connectivity index (χ3n) is 3.57. The van der Waals surface area contributed by atoms with E-state index in [2.05, 4.69) is 20.4 Å². The molecule has 0 fully saturated rings. The predicted octanol–water partition coefficient (Wildman–Crippen LogP) is 2.48. The minimum Gasteiger partial charge on any atom is -0.481 e. The van der Waals surface area contributed by atoms with Crippen molar-refractivity contribution in [3.63, 3.8) is 0 Å². The van der Waals surface area contributed by atoms with Gasteiger partial charge in [-0.3, -0.25) is 9.59 Å². The zero-order valence-electron chi connectivity index (χ0n) is 15.8. The Bertz CT molecular complexity index is 296. The van der Waals surface area contributed by atoms with E-state index in [1.807, 2.05) is 0 Å². The first-order valence-electron chi connectivity index (χ1n) is 8.84. The Morgan fingerprint density at radius 3 is 1.79 bits per heavy atom. The Balaban J connectivity index is -0.000000354. The third-order valence-corrected chi connectivity index (χ3v) is 3.57. The minimum atomic E-state index is -1.10. The molecule has 0 aliphatic rings. The summed E-state index contributed by atoms with van der Waals surface area (Å²) in [4.78, 5) is 20.4. The quantitative estimate of drug-likeness (QED) is 0.218. The number of rotatable bonds is 14. The first-order valence-corrected chi connectivity index (χ1v) is 8.84. The Kier molecular flexibility index (Phi) is 26.9. The van der Waals surface area contributed by atoms with E-state index in [-0.39, 0.29) is 42.4 Å². The van der Waals surface area contributed by atoms with Crippen LogP contribution >= 0.6 is 0 Å². The van der Waals surface area contributed by atoms with Crippen molar-refractivity contribution in [2.75, 3.05) is 0 Å². The SMILES string of the molecule is C=CCC(CC(=O)O)C(=O)O.[CH2-]CCCCCCCCCCC.[Na+]. The number of carboxylic acid groups (broad SMARTS) is 2.